The molecule has 0 unspecified atom stereocenters. The Labute approximate surface area is 101 Å². The van der Waals surface area contributed by atoms with E-state index in [1.165, 1.54) is 17.1 Å². The summed E-state index contributed by atoms with van der Waals surface area (Å²) in [5.74, 6) is -0.977. The van der Waals surface area contributed by atoms with Crippen molar-refractivity contribution in [2.24, 2.45) is 0 Å². The zero-order chi connectivity index (χ0) is 11.7. The molecule has 0 amide bonds. The van der Waals surface area contributed by atoms with Crippen LogP contribution in [0.1, 0.15) is 15.9 Å². The van der Waals surface area contributed by atoms with Gasteiger partial charge in [-0.3, -0.25) is 0 Å². The zero-order valence-corrected chi connectivity index (χ0v) is 10.1. The first kappa shape index (κ1) is 10.9. The van der Waals surface area contributed by atoms with Crippen molar-refractivity contribution in [2.75, 3.05) is 0 Å². The summed E-state index contributed by atoms with van der Waals surface area (Å²) in [6.45, 7) is 1.99. The molecule has 2 rings (SSSR count). The molecule has 0 saturated heterocycles. The van der Waals surface area contributed by atoms with Crippen molar-refractivity contribution < 1.29 is 9.90 Å². The minimum atomic E-state index is -0.977. The second kappa shape index (κ2) is 4.09. The molecule has 0 saturated carbocycles. The second-order valence-corrected chi connectivity index (χ2v) is 4.29. The highest BCUT2D eigenvalue weighted by Crippen LogP contribution is 2.21. The van der Waals surface area contributed by atoms with E-state index < -0.39 is 5.97 Å². The van der Waals surface area contributed by atoms with E-state index in [1.807, 2.05) is 25.1 Å². The zero-order valence-electron chi connectivity index (χ0n) is 8.51. The number of hydrogen-bond acceptors (Lipinski definition) is 2. The Hall–Kier alpha value is -1.62. The smallest absolute Gasteiger partial charge is 0.338 e. The summed E-state index contributed by atoms with van der Waals surface area (Å²) >= 11 is 3.42. The van der Waals surface area contributed by atoms with E-state index in [4.69, 9.17) is 5.11 Å². The Balaban J connectivity index is 2.46. The molecule has 1 aromatic heterocycles. The monoisotopic (exact) mass is 280 g/mol. The van der Waals surface area contributed by atoms with Crippen molar-refractivity contribution in [3.05, 3.63) is 46.2 Å². The van der Waals surface area contributed by atoms with Gasteiger partial charge in [0.1, 0.15) is 0 Å². The maximum atomic E-state index is 10.7. The van der Waals surface area contributed by atoms with Gasteiger partial charge >= 0.3 is 5.97 Å². The predicted octanol–water partition coefficient (Wildman–Crippen LogP) is 2.64. The van der Waals surface area contributed by atoms with E-state index in [1.54, 1.807) is 0 Å². The summed E-state index contributed by atoms with van der Waals surface area (Å²) in [4.78, 5) is 10.7. The average Bonchev–Trinajstić information content (AvgIpc) is 2.66. The van der Waals surface area contributed by atoms with E-state index in [9.17, 15) is 4.79 Å². The van der Waals surface area contributed by atoms with E-state index in [2.05, 4.69) is 21.0 Å². The van der Waals surface area contributed by atoms with Crippen molar-refractivity contribution in [3.8, 4) is 5.69 Å². The number of carboxylic acid groups (broad SMARTS) is 1. The normalized spacial score (nSPS) is 10.4. The van der Waals surface area contributed by atoms with Crippen molar-refractivity contribution in [3.63, 3.8) is 0 Å². The molecule has 0 spiro atoms. The molecule has 0 aliphatic heterocycles. The van der Waals surface area contributed by atoms with E-state index in [0.29, 0.717) is 0 Å². The molecular weight excluding hydrogens is 272 g/mol. The molecule has 1 N–H and O–H groups in total. The van der Waals surface area contributed by atoms with Crippen molar-refractivity contribution in [1.29, 1.82) is 0 Å². The van der Waals surface area contributed by atoms with Gasteiger partial charge in [0.15, 0.2) is 0 Å². The van der Waals surface area contributed by atoms with Gasteiger partial charge < -0.3 is 5.11 Å². The van der Waals surface area contributed by atoms with Gasteiger partial charge in [-0.05, 0) is 40.5 Å². The predicted molar refractivity (Wildman–Crippen MR) is 63.0 cm³/mol. The first-order chi connectivity index (χ1) is 7.58. The lowest BCUT2D eigenvalue weighted by atomic mass is 10.2. The van der Waals surface area contributed by atoms with Crippen molar-refractivity contribution in [1.82, 2.24) is 9.78 Å². The maximum Gasteiger partial charge on any atom is 0.338 e. The van der Waals surface area contributed by atoms with E-state index in [-0.39, 0.29) is 5.56 Å². The fraction of sp³-hybridized carbons (Fsp3) is 0.0909. The average molecular weight is 281 g/mol. The van der Waals surface area contributed by atoms with Crippen LogP contribution in [0, 0.1) is 6.92 Å². The summed E-state index contributed by atoms with van der Waals surface area (Å²) in [6.07, 6.45) is 2.81. The molecule has 0 bridgehead atoms. The van der Waals surface area contributed by atoms with Crippen LogP contribution < -0.4 is 0 Å². The van der Waals surface area contributed by atoms with Crippen molar-refractivity contribution >= 4 is 21.9 Å². The van der Waals surface area contributed by atoms with Gasteiger partial charge in [-0.1, -0.05) is 6.07 Å². The highest BCUT2D eigenvalue weighted by atomic mass is 79.9. The number of aromatic carboxylic acids is 1. The van der Waals surface area contributed by atoms with Crippen LogP contribution in [-0.4, -0.2) is 20.9 Å². The summed E-state index contributed by atoms with van der Waals surface area (Å²) in [6, 6.07) is 5.79. The number of hydrogen-bond donors (Lipinski definition) is 1. The summed E-state index contributed by atoms with van der Waals surface area (Å²) in [5, 5.41) is 12.8. The SMILES string of the molecule is Cc1ccc(-n2cc(C(=O)O)cn2)c(Br)c1. The number of aromatic nitrogens is 2. The highest BCUT2D eigenvalue weighted by molar-refractivity contribution is 9.10. The minimum absolute atomic E-state index is 0.174. The van der Waals surface area contributed by atoms with Gasteiger partial charge in [-0.2, -0.15) is 5.10 Å². The first-order valence-electron chi connectivity index (χ1n) is 4.62. The Bertz CT molecular complexity index is 549. The minimum Gasteiger partial charge on any atom is -0.478 e. The molecular formula is C11H9BrN2O2. The maximum absolute atomic E-state index is 10.7. The molecule has 5 heteroatoms. The Morgan fingerprint density at radius 3 is 2.81 bits per heavy atom. The molecule has 16 heavy (non-hydrogen) atoms. The van der Waals surface area contributed by atoms with Gasteiger partial charge in [-0.15, -0.1) is 0 Å². The van der Waals surface area contributed by atoms with Gasteiger partial charge in [0.2, 0.25) is 0 Å². The fourth-order valence-corrected chi connectivity index (χ4v) is 2.04. The quantitative estimate of drug-likeness (QED) is 0.920. The summed E-state index contributed by atoms with van der Waals surface area (Å²) < 4.78 is 2.42. The third-order valence-corrected chi connectivity index (χ3v) is 2.81. The molecule has 0 aliphatic carbocycles. The van der Waals surface area contributed by atoms with Gasteiger partial charge in [-0.25, -0.2) is 9.48 Å². The molecule has 0 fully saturated rings. The van der Waals surface area contributed by atoms with Crippen LogP contribution in [0.3, 0.4) is 0 Å². The van der Waals surface area contributed by atoms with Crippen LogP contribution >= 0.6 is 15.9 Å². The van der Waals surface area contributed by atoms with Crippen molar-refractivity contribution in [2.45, 2.75) is 6.92 Å². The van der Waals surface area contributed by atoms with E-state index >= 15 is 0 Å². The Morgan fingerprint density at radius 2 is 2.25 bits per heavy atom. The topological polar surface area (TPSA) is 55.1 Å². The largest absolute Gasteiger partial charge is 0.478 e. The molecule has 0 aliphatic rings. The number of benzene rings is 1. The lowest BCUT2D eigenvalue weighted by molar-refractivity contribution is 0.0697. The molecule has 1 aromatic carbocycles. The van der Waals surface area contributed by atoms with Crippen LogP contribution in [0.25, 0.3) is 5.69 Å². The molecule has 0 atom stereocenters. The van der Waals surface area contributed by atoms with Crippen LogP contribution in [0.5, 0.6) is 0 Å². The van der Waals surface area contributed by atoms with Gasteiger partial charge in [0.25, 0.3) is 0 Å². The summed E-state index contributed by atoms with van der Waals surface area (Å²) in [5.41, 5.74) is 2.12. The number of rotatable bonds is 2. The number of nitrogens with zero attached hydrogens (tertiary/aromatic N) is 2. The van der Waals surface area contributed by atoms with Crippen LogP contribution in [0.15, 0.2) is 35.1 Å². The molecule has 0 radical (unpaired) electrons. The Morgan fingerprint density at radius 1 is 1.50 bits per heavy atom. The lowest BCUT2D eigenvalue weighted by Gasteiger charge is -2.04. The van der Waals surface area contributed by atoms with Gasteiger partial charge in [0.05, 0.1) is 17.4 Å². The van der Waals surface area contributed by atoms with Gasteiger partial charge in [0, 0.05) is 10.7 Å². The number of aryl methyl sites for hydroxylation is 1. The molecule has 4 nitrogen and oxygen atoms in total. The van der Waals surface area contributed by atoms with Crippen LogP contribution in [0.2, 0.25) is 0 Å². The highest BCUT2D eigenvalue weighted by Gasteiger charge is 2.08. The third kappa shape index (κ3) is 1.99. The second-order valence-electron chi connectivity index (χ2n) is 3.43. The number of carbonyl (C=O) groups is 1. The van der Waals surface area contributed by atoms with Crippen LogP contribution in [-0.2, 0) is 0 Å². The number of halogens is 1. The molecule has 1 heterocycles. The van der Waals surface area contributed by atoms with Crippen LogP contribution in [0.4, 0.5) is 0 Å². The third-order valence-electron chi connectivity index (χ3n) is 2.18. The summed E-state index contributed by atoms with van der Waals surface area (Å²) in [7, 11) is 0. The van der Waals surface area contributed by atoms with E-state index in [0.717, 1.165) is 15.7 Å². The lowest BCUT2D eigenvalue weighted by Crippen LogP contribution is -1.97. The molecule has 82 valence electrons. The Kier molecular flexibility index (Phi) is 2.78. The standard InChI is InChI=1S/C11H9BrN2O2/c1-7-2-3-10(9(12)4-7)14-6-8(5-13-14)11(15)16/h2-6H,1H3,(H,15,16). The fourth-order valence-electron chi connectivity index (χ4n) is 1.36. The number of carboxylic acids is 1. The molecule has 2 aromatic rings. The first-order valence-corrected chi connectivity index (χ1v) is 5.42.